The summed E-state index contributed by atoms with van der Waals surface area (Å²) in [7, 11) is 0. The lowest BCUT2D eigenvalue weighted by molar-refractivity contribution is 0.464. The number of pyridine rings is 1. The van der Waals surface area contributed by atoms with Crippen LogP contribution in [0.2, 0.25) is 0 Å². The lowest BCUT2D eigenvalue weighted by Gasteiger charge is -2.25. The summed E-state index contributed by atoms with van der Waals surface area (Å²) >= 11 is 3.39. The minimum atomic E-state index is 0.399. The third kappa shape index (κ3) is 2.74. The predicted molar refractivity (Wildman–Crippen MR) is 82.3 cm³/mol. The zero-order valence-corrected chi connectivity index (χ0v) is 13.0. The van der Waals surface area contributed by atoms with Gasteiger partial charge in [0, 0.05) is 34.2 Å². The zero-order valence-electron chi connectivity index (χ0n) is 11.4. The molecular weight excluding hydrogens is 316 g/mol. The molecule has 1 unspecified atom stereocenters. The molecule has 0 bridgehead atoms. The molecule has 3 rings (SSSR count). The summed E-state index contributed by atoms with van der Waals surface area (Å²) in [6.45, 7) is 3.11. The lowest BCUT2D eigenvalue weighted by atomic mass is 9.92. The molecule has 2 aromatic heterocycles. The van der Waals surface area contributed by atoms with Gasteiger partial charge in [-0.3, -0.25) is 4.98 Å². The Kier molecular flexibility index (Phi) is 4.08. The van der Waals surface area contributed by atoms with Crippen molar-refractivity contribution in [2.45, 2.75) is 32.2 Å². The van der Waals surface area contributed by atoms with Gasteiger partial charge in [0.25, 0.3) is 0 Å². The molecule has 104 valence electrons. The Labute approximate surface area is 127 Å². The van der Waals surface area contributed by atoms with Gasteiger partial charge in [0.1, 0.15) is 5.69 Å². The minimum Gasteiger partial charge on any atom is -0.310 e. The average molecular weight is 333 g/mol. The predicted octanol–water partition coefficient (Wildman–Crippen LogP) is 3.29. The highest BCUT2D eigenvalue weighted by molar-refractivity contribution is 9.10. The number of aryl methyl sites for hydroxylation is 1. The molecule has 0 saturated heterocycles. The standard InChI is InChI=1S/C15H17BrN4/c1-2-17-12-4-3-5-13-11(12)9-19-15(20-13)14-7-6-10(16)8-18-14/h6-9,12,17H,2-5H2,1H3. The van der Waals surface area contributed by atoms with Crippen LogP contribution in [-0.4, -0.2) is 21.5 Å². The fourth-order valence-corrected chi connectivity index (χ4v) is 2.87. The first-order chi connectivity index (χ1) is 9.78. The maximum atomic E-state index is 4.72. The van der Waals surface area contributed by atoms with Crippen molar-refractivity contribution in [3.8, 4) is 11.5 Å². The summed E-state index contributed by atoms with van der Waals surface area (Å²) in [5, 5.41) is 3.51. The average Bonchev–Trinajstić information content (AvgIpc) is 2.48. The van der Waals surface area contributed by atoms with Gasteiger partial charge in [-0.25, -0.2) is 9.97 Å². The SMILES string of the molecule is CCNC1CCCc2nc(-c3ccc(Br)cn3)ncc21. The second-order valence-electron chi connectivity index (χ2n) is 4.96. The van der Waals surface area contributed by atoms with E-state index < -0.39 is 0 Å². The molecule has 2 heterocycles. The monoisotopic (exact) mass is 332 g/mol. The van der Waals surface area contributed by atoms with Gasteiger partial charge in [-0.1, -0.05) is 6.92 Å². The molecular formula is C15H17BrN4. The van der Waals surface area contributed by atoms with Gasteiger partial charge in [0.05, 0.1) is 0 Å². The highest BCUT2D eigenvalue weighted by Gasteiger charge is 2.21. The smallest absolute Gasteiger partial charge is 0.178 e. The number of fused-ring (bicyclic) bond motifs is 1. The van der Waals surface area contributed by atoms with Crippen molar-refractivity contribution in [2.24, 2.45) is 0 Å². The first-order valence-electron chi connectivity index (χ1n) is 6.99. The van der Waals surface area contributed by atoms with Gasteiger partial charge in [-0.05, 0) is 53.9 Å². The van der Waals surface area contributed by atoms with E-state index >= 15 is 0 Å². The number of nitrogens with one attached hydrogen (secondary N) is 1. The summed E-state index contributed by atoms with van der Waals surface area (Å²) in [6.07, 6.45) is 7.12. The van der Waals surface area contributed by atoms with Crippen molar-refractivity contribution < 1.29 is 0 Å². The van der Waals surface area contributed by atoms with Crippen molar-refractivity contribution in [3.63, 3.8) is 0 Å². The number of hydrogen-bond acceptors (Lipinski definition) is 4. The van der Waals surface area contributed by atoms with Crippen molar-refractivity contribution in [2.75, 3.05) is 6.54 Å². The molecule has 5 heteroatoms. The lowest BCUT2D eigenvalue weighted by Crippen LogP contribution is -2.25. The molecule has 0 aromatic carbocycles. The van der Waals surface area contributed by atoms with Crippen molar-refractivity contribution in [1.29, 1.82) is 0 Å². The van der Waals surface area contributed by atoms with E-state index in [1.807, 2.05) is 18.3 Å². The first-order valence-corrected chi connectivity index (χ1v) is 7.78. The second-order valence-corrected chi connectivity index (χ2v) is 5.88. The molecule has 2 aromatic rings. The second kappa shape index (κ2) is 5.97. The van der Waals surface area contributed by atoms with Crippen LogP contribution in [0.3, 0.4) is 0 Å². The van der Waals surface area contributed by atoms with Crippen LogP contribution in [0.5, 0.6) is 0 Å². The van der Waals surface area contributed by atoms with Crippen molar-refractivity contribution >= 4 is 15.9 Å². The maximum absolute atomic E-state index is 4.72. The van der Waals surface area contributed by atoms with Crippen LogP contribution in [0.4, 0.5) is 0 Å². The molecule has 20 heavy (non-hydrogen) atoms. The Morgan fingerprint density at radius 1 is 1.30 bits per heavy atom. The maximum Gasteiger partial charge on any atom is 0.178 e. The first kappa shape index (κ1) is 13.6. The van der Waals surface area contributed by atoms with E-state index in [0.717, 1.165) is 28.8 Å². The Bertz CT molecular complexity index is 597. The third-order valence-electron chi connectivity index (χ3n) is 3.59. The fraction of sp³-hybridized carbons (Fsp3) is 0.400. The highest BCUT2D eigenvalue weighted by atomic mass is 79.9. The number of nitrogens with zero attached hydrogens (tertiary/aromatic N) is 3. The summed E-state index contributed by atoms with van der Waals surface area (Å²) in [4.78, 5) is 13.6. The molecule has 0 fully saturated rings. The van der Waals surface area contributed by atoms with Crippen molar-refractivity contribution in [3.05, 3.63) is 40.3 Å². The van der Waals surface area contributed by atoms with E-state index in [1.165, 1.54) is 18.4 Å². The minimum absolute atomic E-state index is 0.399. The van der Waals surface area contributed by atoms with E-state index in [-0.39, 0.29) is 0 Å². The molecule has 0 radical (unpaired) electrons. The summed E-state index contributed by atoms with van der Waals surface area (Å²) in [5.41, 5.74) is 3.23. The topological polar surface area (TPSA) is 50.7 Å². The fourth-order valence-electron chi connectivity index (χ4n) is 2.64. The molecule has 0 aliphatic heterocycles. The van der Waals surface area contributed by atoms with Gasteiger partial charge in [0.15, 0.2) is 5.82 Å². The highest BCUT2D eigenvalue weighted by Crippen LogP contribution is 2.29. The number of halogens is 1. The summed E-state index contributed by atoms with van der Waals surface area (Å²) < 4.78 is 0.964. The van der Waals surface area contributed by atoms with Crippen molar-refractivity contribution in [1.82, 2.24) is 20.3 Å². The van der Waals surface area contributed by atoms with Gasteiger partial charge in [0.2, 0.25) is 0 Å². The Morgan fingerprint density at radius 2 is 2.20 bits per heavy atom. The quantitative estimate of drug-likeness (QED) is 0.936. The Balaban J connectivity index is 1.94. The van der Waals surface area contributed by atoms with Crippen LogP contribution in [0.15, 0.2) is 29.0 Å². The van der Waals surface area contributed by atoms with Crippen LogP contribution in [0.1, 0.15) is 37.1 Å². The van der Waals surface area contributed by atoms with E-state index in [9.17, 15) is 0 Å². The summed E-state index contributed by atoms with van der Waals surface area (Å²) in [5.74, 6) is 0.716. The van der Waals surface area contributed by atoms with E-state index in [1.54, 1.807) is 6.20 Å². The van der Waals surface area contributed by atoms with E-state index in [0.29, 0.717) is 11.9 Å². The zero-order chi connectivity index (χ0) is 13.9. The van der Waals surface area contributed by atoms with Gasteiger partial charge in [-0.15, -0.1) is 0 Å². The van der Waals surface area contributed by atoms with Crippen LogP contribution in [0.25, 0.3) is 11.5 Å². The molecule has 0 saturated carbocycles. The van der Waals surface area contributed by atoms with Crippen LogP contribution in [0, 0.1) is 0 Å². The number of aromatic nitrogens is 3. The Hall–Kier alpha value is -1.33. The summed E-state index contributed by atoms with van der Waals surface area (Å²) in [6, 6.07) is 4.30. The normalized spacial score (nSPS) is 17.8. The molecule has 1 aliphatic carbocycles. The molecule has 1 atom stereocenters. The van der Waals surface area contributed by atoms with Crippen LogP contribution < -0.4 is 5.32 Å². The van der Waals surface area contributed by atoms with E-state index in [2.05, 4.69) is 38.1 Å². The molecule has 0 spiro atoms. The van der Waals surface area contributed by atoms with Crippen LogP contribution in [-0.2, 0) is 6.42 Å². The van der Waals surface area contributed by atoms with Gasteiger partial charge in [-0.2, -0.15) is 0 Å². The Morgan fingerprint density at radius 3 is 2.95 bits per heavy atom. The largest absolute Gasteiger partial charge is 0.310 e. The molecule has 1 aliphatic rings. The molecule has 0 amide bonds. The number of hydrogen-bond donors (Lipinski definition) is 1. The van der Waals surface area contributed by atoms with E-state index in [4.69, 9.17) is 4.98 Å². The van der Waals surface area contributed by atoms with Gasteiger partial charge < -0.3 is 5.32 Å². The number of rotatable bonds is 3. The molecule has 1 N–H and O–H groups in total. The third-order valence-corrected chi connectivity index (χ3v) is 4.06. The molecule has 4 nitrogen and oxygen atoms in total. The van der Waals surface area contributed by atoms with Gasteiger partial charge >= 0.3 is 0 Å². The van der Waals surface area contributed by atoms with Crippen LogP contribution >= 0.6 is 15.9 Å².